The molecular formula is C14H19N3. The summed E-state index contributed by atoms with van der Waals surface area (Å²) in [4.78, 5) is 0. The van der Waals surface area contributed by atoms with Gasteiger partial charge in [-0.1, -0.05) is 29.8 Å². The van der Waals surface area contributed by atoms with Crippen molar-refractivity contribution in [3.05, 3.63) is 53.3 Å². The number of rotatable bonds is 4. The molecule has 0 spiro atoms. The van der Waals surface area contributed by atoms with Gasteiger partial charge in [-0.05, 0) is 31.4 Å². The molecular weight excluding hydrogens is 210 g/mol. The molecule has 0 bridgehead atoms. The topological polar surface area (TPSA) is 43.8 Å². The SMILES string of the molecule is Cc1ccc(CCC(N)c2ccnn2C)cc1. The van der Waals surface area contributed by atoms with Gasteiger partial charge in [-0.2, -0.15) is 5.10 Å². The fourth-order valence-corrected chi connectivity index (χ4v) is 1.97. The van der Waals surface area contributed by atoms with Gasteiger partial charge in [0.05, 0.1) is 5.69 Å². The van der Waals surface area contributed by atoms with Gasteiger partial charge in [-0.25, -0.2) is 0 Å². The van der Waals surface area contributed by atoms with Crippen LogP contribution in [0.2, 0.25) is 0 Å². The third-order valence-corrected chi connectivity index (χ3v) is 3.10. The van der Waals surface area contributed by atoms with Crippen molar-refractivity contribution in [1.29, 1.82) is 0 Å². The van der Waals surface area contributed by atoms with E-state index in [0.717, 1.165) is 18.5 Å². The Bertz CT molecular complexity index is 470. The normalized spacial score (nSPS) is 12.6. The second-order valence-corrected chi connectivity index (χ2v) is 4.51. The van der Waals surface area contributed by atoms with Gasteiger partial charge >= 0.3 is 0 Å². The van der Waals surface area contributed by atoms with Crippen LogP contribution in [0, 0.1) is 6.92 Å². The number of aryl methyl sites for hydroxylation is 3. The summed E-state index contributed by atoms with van der Waals surface area (Å²) in [5.41, 5.74) is 9.89. The van der Waals surface area contributed by atoms with Crippen LogP contribution in [0.25, 0.3) is 0 Å². The zero-order valence-electron chi connectivity index (χ0n) is 10.4. The molecule has 0 radical (unpaired) electrons. The molecule has 90 valence electrons. The summed E-state index contributed by atoms with van der Waals surface area (Å²) in [5.74, 6) is 0. The van der Waals surface area contributed by atoms with E-state index >= 15 is 0 Å². The highest BCUT2D eigenvalue weighted by molar-refractivity contribution is 5.21. The van der Waals surface area contributed by atoms with E-state index in [9.17, 15) is 0 Å². The van der Waals surface area contributed by atoms with Crippen molar-refractivity contribution in [1.82, 2.24) is 9.78 Å². The third-order valence-electron chi connectivity index (χ3n) is 3.10. The number of hydrogen-bond acceptors (Lipinski definition) is 2. The van der Waals surface area contributed by atoms with Gasteiger partial charge in [0.1, 0.15) is 0 Å². The molecule has 2 rings (SSSR count). The molecule has 0 saturated heterocycles. The fourth-order valence-electron chi connectivity index (χ4n) is 1.97. The Morgan fingerprint density at radius 2 is 1.94 bits per heavy atom. The summed E-state index contributed by atoms with van der Waals surface area (Å²) in [5, 5.41) is 4.14. The van der Waals surface area contributed by atoms with Crippen LogP contribution in [0.5, 0.6) is 0 Å². The zero-order chi connectivity index (χ0) is 12.3. The third kappa shape index (κ3) is 2.94. The first-order chi connectivity index (χ1) is 8.16. The Balaban J connectivity index is 1.94. The lowest BCUT2D eigenvalue weighted by molar-refractivity contribution is 0.582. The molecule has 3 heteroatoms. The Morgan fingerprint density at radius 3 is 2.53 bits per heavy atom. The summed E-state index contributed by atoms with van der Waals surface area (Å²) in [6, 6.07) is 10.7. The van der Waals surface area contributed by atoms with Crippen molar-refractivity contribution in [3.63, 3.8) is 0 Å². The number of hydrogen-bond donors (Lipinski definition) is 1. The van der Waals surface area contributed by atoms with Crippen LogP contribution in [0.15, 0.2) is 36.5 Å². The maximum absolute atomic E-state index is 6.16. The van der Waals surface area contributed by atoms with E-state index in [2.05, 4.69) is 36.3 Å². The van der Waals surface area contributed by atoms with Crippen LogP contribution in [-0.2, 0) is 13.5 Å². The van der Waals surface area contributed by atoms with E-state index in [4.69, 9.17) is 5.73 Å². The highest BCUT2D eigenvalue weighted by Crippen LogP contribution is 2.16. The molecule has 0 amide bonds. The van der Waals surface area contributed by atoms with E-state index in [1.165, 1.54) is 11.1 Å². The van der Waals surface area contributed by atoms with Crippen molar-refractivity contribution < 1.29 is 0 Å². The lowest BCUT2D eigenvalue weighted by Gasteiger charge is -2.12. The van der Waals surface area contributed by atoms with Gasteiger partial charge in [-0.3, -0.25) is 4.68 Å². The Labute approximate surface area is 102 Å². The van der Waals surface area contributed by atoms with Gasteiger partial charge in [0.2, 0.25) is 0 Å². The standard InChI is InChI=1S/C14H19N3/c1-11-3-5-12(6-4-11)7-8-13(15)14-9-10-16-17(14)2/h3-6,9-10,13H,7-8,15H2,1-2H3. The molecule has 1 aromatic carbocycles. The highest BCUT2D eigenvalue weighted by atomic mass is 15.3. The molecule has 1 atom stereocenters. The lowest BCUT2D eigenvalue weighted by atomic mass is 10.0. The molecule has 17 heavy (non-hydrogen) atoms. The molecule has 1 unspecified atom stereocenters. The van der Waals surface area contributed by atoms with E-state index in [0.29, 0.717) is 0 Å². The van der Waals surface area contributed by atoms with Gasteiger partial charge in [0.25, 0.3) is 0 Å². The maximum Gasteiger partial charge on any atom is 0.0548 e. The van der Waals surface area contributed by atoms with Crippen LogP contribution in [0.1, 0.15) is 29.3 Å². The fraction of sp³-hybridized carbons (Fsp3) is 0.357. The van der Waals surface area contributed by atoms with E-state index < -0.39 is 0 Å². The van der Waals surface area contributed by atoms with Crippen LogP contribution in [-0.4, -0.2) is 9.78 Å². The largest absolute Gasteiger partial charge is 0.323 e. The average molecular weight is 229 g/mol. The molecule has 0 aliphatic carbocycles. The Hall–Kier alpha value is -1.61. The number of benzene rings is 1. The summed E-state index contributed by atoms with van der Waals surface area (Å²) in [6.45, 7) is 2.10. The van der Waals surface area contributed by atoms with Crippen LogP contribution >= 0.6 is 0 Å². The molecule has 3 nitrogen and oxygen atoms in total. The maximum atomic E-state index is 6.16. The molecule has 0 fully saturated rings. The molecule has 0 aliphatic heterocycles. The molecule has 2 aromatic rings. The van der Waals surface area contributed by atoms with Gasteiger partial charge in [0, 0.05) is 19.3 Å². The van der Waals surface area contributed by atoms with E-state index in [1.807, 2.05) is 17.8 Å². The smallest absolute Gasteiger partial charge is 0.0548 e. The first-order valence-corrected chi connectivity index (χ1v) is 5.96. The van der Waals surface area contributed by atoms with Gasteiger partial charge < -0.3 is 5.73 Å². The van der Waals surface area contributed by atoms with Crippen molar-refractivity contribution in [2.75, 3.05) is 0 Å². The summed E-state index contributed by atoms with van der Waals surface area (Å²) in [6.07, 6.45) is 3.75. The predicted molar refractivity (Wildman–Crippen MR) is 69.6 cm³/mol. The van der Waals surface area contributed by atoms with Crippen molar-refractivity contribution in [2.24, 2.45) is 12.8 Å². The minimum absolute atomic E-state index is 0.0591. The second kappa shape index (κ2) is 5.15. The Morgan fingerprint density at radius 1 is 1.24 bits per heavy atom. The number of aromatic nitrogens is 2. The van der Waals surface area contributed by atoms with Crippen LogP contribution in [0.3, 0.4) is 0 Å². The summed E-state index contributed by atoms with van der Waals surface area (Å²) in [7, 11) is 1.93. The van der Waals surface area contributed by atoms with Crippen molar-refractivity contribution in [3.8, 4) is 0 Å². The van der Waals surface area contributed by atoms with Gasteiger partial charge in [-0.15, -0.1) is 0 Å². The zero-order valence-corrected chi connectivity index (χ0v) is 10.4. The molecule has 1 heterocycles. The van der Waals surface area contributed by atoms with Crippen molar-refractivity contribution in [2.45, 2.75) is 25.8 Å². The van der Waals surface area contributed by atoms with Crippen molar-refractivity contribution >= 4 is 0 Å². The molecule has 0 saturated carbocycles. The first-order valence-electron chi connectivity index (χ1n) is 5.96. The van der Waals surface area contributed by atoms with E-state index in [1.54, 1.807) is 6.20 Å². The molecule has 2 N–H and O–H groups in total. The van der Waals surface area contributed by atoms with E-state index in [-0.39, 0.29) is 6.04 Å². The minimum atomic E-state index is 0.0591. The predicted octanol–water partition coefficient (Wildman–Crippen LogP) is 2.36. The quantitative estimate of drug-likeness (QED) is 0.874. The second-order valence-electron chi connectivity index (χ2n) is 4.51. The molecule has 0 aliphatic rings. The Kier molecular flexibility index (Phi) is 3.59. The summed E-state index contributed by atoms with van der Waals surface area (Å²) < 4.78 is 1.85. The van der Waals surface area contributed by atoms with Gasteiger partial charge in [0.15, 0.2) is 0 Å². The molecule has 1 aromatic heterocycles. The minimum Gasteiger partial charge on any atom is -0.323 e. The first kappa shape index (κ1) is 11.9. The average Bonchev–Trinajstić information content (AvgIpc) is 2.74. The summed E-state index contributed by atoms with van der Waals surface area (Å²) >= 11 is 0. The highest BCUT2D eigenvalue weighted by Gasteiger charge is 2.09. The number of nitrogens with zero attached hydrogens (tertiary/aromatic N) is 2. The number of nitrogens with two attached hydrogens (primary N) is 1. The lowest BCUT2D eigenvalue weighted by Crippen LogP contribution is -2.15. The monoisotopic (exact) mass is 229 g/mol. The van der Waals surface area contributed by atoms with Crippen LogP contribution < -0.4 is 5.73 Å². The van der Waals surface area contributed by atoms with Crippen LogP contribution in [0.4, 0.5) is 0 Å².